The zero-order valence-corrected chi connectivity index (χ0v) is 22.3. The van der Waals surface area contributed by atoms with E-state index in [-0.39, 0.29) is 0 Å². The van der Waals surface area contributed by atoms with E-state index in [1.54, 1.807) is 0 Å². The van der Waals surface area contributed by atoms with E-state index >= 15 is 0 Å². The summed E-state index contributed by atoms with van der Waals surface area (Å²) in [5.74, 6) is 0. The minimum atomic E-state index is -1.69. The monoisotopic (exact) mass is 648 g/mol. The number of benzene rings is 7. The maximum absolute atomic E-state index is 13.9. The lowest BCUT2D eigenvalue weighted by molar-refractivity contribution is 0.452. The van der Waals surface area contributed by atoms with Gasteiger partial charge in [0.15, 0.2) is 33.5 Å². The van der Waals surface area contributed by atoms with Crippen LogP contribution in [-0.2, 0) is 0 Å². The molecule has 10 aromatic rings. The third-order valence-electron chi connectivity index (χ3n) is 8.63. The maximum atomic E-state index is 13.9. The van der Waals surface area contributed by atoms with Crippen molar-refractivity contribution in [2.75, 3.05) is 0 Å². The fourth-order valence-corrected chi connectivity index (χ4v) is 6.98. The van der Waals surface area contributed by atoms with Crippen molar-refractivity contribution >= 4 is 98.1 Å². The van der Waals surface area contributed by atoms with Crippen molar-refractivity contribution in [1.82, 2.24) is 0 Å². The summed E-state index contributed by atoms with van der Waals surface area (Å²) in [5, 5.41) is -7.85. The summed E-state index contributed by atoms with van der Waals surface area (Å²) in [4.78, 5) is 157. The highest BCUT2D eigenvalue weighted by atomic mass is 16.5. The highest BCUT2D eigenvalue weighted by molar-refractivity contribution is 6.51. The van der Waals surface area contributed by atoms with Crippen molar-refractivity contribution in [2.45, 2.75) is 0 Å². The molecule has 0 aliphatic heterocycles. The van der Waals surface area contributed by atoms with Crippen LogP contribution < -0.4 is 66.3 Å². The molecular formula is C30O18. The van der Waals surface area contributed by atoms with Gasteiger partial charge in [0, 0.05) is 32.3 Å². The molecule has 7 aromatic carbocycles. The Hall–Kier alpha value is -7.50. The van der Waals surface area contributed by atoms with Crippen LogP contribution in [0.25, 0.3) is 98.1 Å². The van der Waals surface area contributed by atoms with Crippen molar-refractivity contribution in [3.05, 3.63) is 124 Å². The molecule has 48 heavy (non-hydrogen) atoms. The highest BCUT2D eigenvalue weighted by Gasteiger charge is 2.36. The number of hydrogen-bond donors (Lipinski definition) is 0. The van der Waals surface area contributed by atoms with E-state index in [1.165, 1.54) is 0 Å². The fourth-order valence-electron chi connectivity index (χ4n) is 6.98. The van der Waals surface area contributed by atoms with Gasteiger partial charge in [-0.3, -0.25) is 28.8 Å². The van der Waals surface area contributed by atoms with Gasteiger partial charge < -0.3 is 26.5 Å². The Morgan fingerprint density at radius 2 is 0.312 bits per heavy atom. The Kier molecular flexibility index (Phi) is 4.02. The van der Waals surface area contributed by atoms with Gasteiger partial charge in [-0.2, -0.15) is 0 Å². The van der Waals surface area contributed by atoms with Crippen LogP contribution in [-0.4, -0.2) is 0 Å². The predicted octanol–water partition coefficient (Wildman–Crippen LogP) is -1.43. The molecule has 0 aliphatic rings. The summed E-state index contributed by atoms with van der Waals surface area (Å²) in [6, 6.07) is 0. The second kappa shape index (κ2) is 7.48. The molecule has 228 valence electrons. The molecule has 0 unspecified atom stereocenters. The lowest BCUT2D eigenvalue weighted by atomic mass is 9.81. The van der Waals surface area contributed by atoms with Crippen molar-refractivity contribution in [3.8, 4) is 0 Å². The van der Waals surface area contributed by atoms with Crippen LogP contribution in [0, 0.1) is 0 Å². The van der Waals surface area contributed by atoms with E-state index < -0.39 is 164 Å². The van der Waals surface area contributed by atoms with Crippen LogP contribution in [0.1, 0.15) is 0 Å². The maximum Gasteiger partial charge on any atom is 0.423 e. The van der Waals surface area contributed by atoms with Gasteiger partial charge in [-0.1, -0.05) is 0 Å². The van der Waals surface area contributed by atoms with Gasteiger partial charge in [0.25, 0.3) is 0 Å². The van der Waals surface area contributed by atoms with E-state index in [9.17, 15) is 57.5 Å². The van der Waals surface area contributed by atoms with E-state index in [0.29, 0.717) is 0 Å². The second-order valence-corrected chi connectivity index (χ2v) is 10.8. The average Bonchev–Trinajstić information content (AvgIpc) is 3.04. The summed E-state index contributed by atoms with van der Waals surface area (Å²) in [7, 11) is 0. The van der Waals surface area contributed by atoms with Gasteiger partial charge in [0.1, 0.15) is 0 Å². The molecule has 0 N–H and O–H groups in total. The van der Waals surface area contributed by atoms with E-state index in [1.807, 2.05) is 0 Å². The van der Waals surface area contributed by atoms with Gasteiger partial charge in [-0.15, -0.1) is 0 Å². The Morgan fingerprint density at radius 1 is 0.188 bits per heavy atom. The molecule has 0 aliphatic carbocycles. The second-order valence-electron chi connectivity index (χ2n) is 10.8. The standard InChI is InChI=1S/C30O18/c31-13-7-1-2-4-6-5-3(1)9(20-19(7)43-25(37)26(38)44-20)15(33)16(34)10(5)23-24(48-30(42)29(41)47-23)12(6)18(36)17(35)11(4)22-21(8(2)14(13)32)45-27(39)28(40)46-22. The SMILES string of the molecule is O=c1oc2c(oc1=O)c1c(=O)c(=O)c3c4oc(=O)c(=O)oc4c4c(=O)c(=O)c5c6oc(=O)c(=O)oc6c6c(=O)c(=O)c2c2c6c5c4c3c12. The first-order valence-electron chi connectivity index (χ1n) is 13.1. The van der Waals surface area contributed by atoms with Crippen molar-refractivity contribution < 1.29 is 26.5 Å². The minimum Gasteiger partial charge on any atom is -0.413 e. The lowest BCUT2D eigenvalue weighted by Crippen LogP contribution is -2.32. The highest BCUT2D eigenvalue weighted by Crippen LogP contribution is 2.49. The molecule has 3 aromatic heterocycles. The molecule has 0 saturated carbocycles. The predicted molar refractivity (Wildman–Crippen MR) is 160 cm³/mol. The van der Waals surface area contributed by atoms with E-state index in [2.05, 4.69) is 0 Å². The zero-order chi connectivity index (χ0) is 33.6. The molecule has 18 heteroatoms. The van der Waals surface area contributed by atoms with Gasteiger partial charge in [0.05, 0.1) is 32.3 Å². The summed E-state index contributed by atoms with van der Waals surface area (Å²) >= 11 is 0. The van der Waals surface area contributed by atoms with Crippen LogP contribution in [0.4, 0.5) is 0 Å². The van der Waals surface area contributed by atoms with Gasteiger partial charge >= 0.3 is 33.8 Å². The fraction of sp³-hybridized carbons (Fsp3) is 0. The Morgan fingerprint density at radius 3 is 0.438 bits per heavy atom. The van der Waals surface area contributed by atoms with E-state index in [0.717, 1.165) is 0 Å². The molecule has 0 bridgehead atoms. The van der Waals surface area contributed by atoms with E-state index in [4.69, 9.17) is 26.5 Å². The first-order valence-corrected chi connectivity index (χ1v) is 13.1. The number of rotatable bonds is 0. The zero-order valence-electron chi connectivity index (χ0n) is 22.3. The molecule has 3 heterocycles. The molecule has 10 rings (SSSR count). The van der Waals surface area contributed by atoms with Gasteiger partial charge in [0.2, 0.25) is 32.6 Å². The van der Waals surface area contributed by atoms with Gasteiger partial charge in [-0.25, -0.2) is 28.8 Å². The third-order valence-corrected chi connectivity index (χ3v) is 8.63. The van der Waals surface area contributed by atoms with Crippen molar-refractivity contribution in [1.29, 1.82) is 0 Å². The largest absolute Gasteiger partial charge is 0.423 e. The summed E-state index contributed by atoms with van der Waals surface area (Å²) in [6.07, 6.45) is 0. The van der Waals surface area contributed by atoms with Crippen LogP contribution in [0.2, 0.25) is 0 Å². The van der Waals surface area contributed by atoms with Gasteiger partial charge in [-0.05, 0) is 0 Å². The Balaban J connectivity index is 1.85. The summed E-state index contributed by atoms with van der Waals surface area (Å²) in [6.45, 7) is 0. The van der Waals surface area contributed by atoms with Crippen molar-refractivity contribution in [2.24, 2.45) is 0 Å². The summed E-state index contributed by atoms with van der Waals surface area (Å²) in [5.41, 5.74) is -24.8. The van der Waals surface area contributed by atoms with Crippen molar-refractivity contribution in [3.63, 3.8) is 0 Å². The molecule has 0 fully saturated rings. The first-order chi connectivity index (χ1) is 22.8. The molecule has 0 spiro atoms. The average molecular weight is 648 g/mol. The smallest absolute Gasteiger partial charge is 0.413 e. The molecular weight excluding hydrogens is 648 g/mol. The quantitative estimate of drug-likeness (QED) is 0.103. The molecule has 0 radical (unpaired) electrons. The Bertz CT molecular complexity index is 3290. The third kappa shape index (κ3) is 2.46. The normalized spacial score (nSPS) is 12.8. The van der Waals surface area contributed by atoms with Crippen LogP contribution >= 0.6 is 0 Å². The minimum absolute atomic E-state index is 0.497. The molecule has 18 nitrogen and oxygen atoms in total. The number of hydrogen-bond acceptors (Lipinski definition) is 18. The molecule has 0 atom stereocenters. The van der Waals surface area contributed by atoms with Crippen LogP contribution in [0.15, 0.2) is 84.0 Å². The summed E-state index contributed by atoms with van der Waals surface area (Å²) < 4.78 is 30.3. The lowest BCUT2D eigenvalue weighted by Gasteiger charge is -2.20. The number of fused-ring (bicyclic) bond motifs is 9. The molecule has 0 saturated heterocycles. The van der Waals surface area contributed by atoms with Crippen LogP contribution in [0.3, 0.4) is 0 Å². The van der Waals surface area contributed by atoms with Crippen LogP contribution in [0.5, 0.6) is 0 Å². The molecule has 0 amide bonds. The first kappa shape index (κ1) is 25.8. The topological polar surface area (TPSA) is 284 Å². The Labute approximate surface area is 248 Å².